The Kier molecular flexibility index (Phi) is 11.1. The molecule has 0 unspecified atom stereocenters. The summed E-state index contributed by atoms with van der Waals surface area (Å²) >= 11 is 2.78. The molecule has 5 N–H and O–H groups in total. The van der Waals surface area contributed by atoms with Gasteiger partial charge in [0.15, 0.2) is 0 Å². The predicted octanol–water partition coefficient (Wildman–Crippen LogP) is 5.83. The number of esters is 1. The van der Waals surface area contributed by atoms with Gasteiger partial charge in [0.25, 0.3) is 0 Å². The quantitative estimate of drug-likeness (QED) is 0.0847. The van der Waals surface area contributed by atoms with Crippen LogP contribution in [0.1, 0.15) is 81.5 Å². The third-order valence-corrected chi connectivity index (χ3v) is 13.7. The lowest BCUT2D eigenvalue weighted by atomic mass is 9.91. The number of carbonyl (C=O) groups is 1. The van der Waals surface area contributed by atoms with Gasteiger partial charge in [-0.3, -0.25) is 4.79 Å². The molecule has 2 aliphatic carbocycles. The van der Waals surface area contributed by atoms with Crippen LogP contribution in [-0.4, -0.2) is 78.4 Å². The molecular formula is C42H48N6O6S2. The highest BCUT2D eigenvalue weighted by atomic mass is 32.1. The number of hydrogen-bond donors (Lipinski definition) is 5. The van der Waals surface area contributed by atoms with E-state index >= 15 is 0 Å². The van der Waals surface area contributed by atoms with Gasteiger partial charge in [0.2, 0.25) is 11.2 Å². The Morgan fingerprint density at radius 3 is 2.70 bits per heavy atom. The average Bonchev–Trinajstić information content (AvgIpc) is 4.03. The Hall–Kier alpha value is -4.44. The number of aryl methyl sites for hydroxylation is 3. The van der Waals surface area contributed by atoms with Crippen molar-refractivity contribution in [2.24, 2.45) is 0 Å². The number of thiophene rings is 2. The van der Waals surface area contributed by atoms with Crippen molar-refractivity contribution in [3.63, 3.8) is 0 Å². The number of carbonyl (C=O) groups excluding carboxylic acids is 1. The minimum Gasteiger partial charge on any atom is -0.506 e. The van der Waals surface area contributed by atoms with Gasteiger partial charge in [0.05, 0.1) is 26.9 Å². The first-order valence-corrected chi connectivity index (χ1v) is 21.1. The van der Waals surface area contributed by atoms with E-state index in [9.17, 15) is 24.9 Å². The van der Waals surface area contributed by atoms with Crippen LogP contribution in [0.3, 0.4) is 0 Å². The first-order valence-electron chi connectivity index (χ1n) is 19.4. The maximum atomic E-state index is 13.6. The molecule has 4 heterocycles. The molecule has 1 fully saturated rings. The van der Waals surface area contributed by atoms with E-state index in [0.717, 1.165) is 80.4 Å². The van der Waals surface area contributed by atoms with E-state index in [2.05, 4.69) is 43.3 Å². The Morgan fingerprint density at radius 1 is 1.11 bits per heavy atom. The second kappa shape index (κ2) is 16.2. The number of aromatic amines is 1. The van der Waals surface area contributed by atoms with Crippen molar-refractivity contribution < 1.29 is 24.9 Å². The highest BCUT2D eigenvalue weighted by Gasteiger charge is 2.45. The summed E-state index contributed by atoms with van der Waals surface area (Å²) in [5.41, 5.74) is 4.69. The van der Waals surface area contributed by atoms with Gasteiger partial charge in [0, 0.05) is 42.0 Å². The molecule has 14 heteroatoms. The Morgan fingerprint density at radius 2 is 1.93 bits per heavy atom. The van der Waals surface area contributed by atoms with Gasteiger partial charge >= 0.3 is 5.97 Å². The van der Waals surface area contributed by atoms with Crippen molar-refractivity contribution in [1.82, 2.24) is 30.2 Å². The van der Waals surface area contributed by atoms with Crippen molar-refractivity contribution in [2.75, 3.05) is 20.1 Å². The molecule has 0 aliphatic heterocycles. The summed E-state index contributed by atoms with van der Waals surface area (Å²) in [7, 11) is 2.17. The number of aromatic hydroxyl groups is 1. The van der Waals surface area contributed by atoms with Crippen LogP contribution in [0, 0.1) is 6.92 Å². The average molecular weight is 797 g/mol. The molecule has 8 rings (SSSR count). The summed E-state index contributed by atoms with van der Waals surface area (Å²) in [5, 5.41) is 48.1. The summed E-state index contributed by atoms with van der Waals surface area (Å²) in [6.45, 7) is 4.51. The van der Waals surface area contributed by atoms with E-state index in [4.69, 9.17) is 4.74 Å². The van der Waals surface area contributed by atoms with Gasteiger partial charge in [-0.2, -0.15) is 0 Å². The topological polar surface area (TPSA) is 166 Å². The van der Waals surface area contributed by atoms with Crippen molar-refractivity contribution in [1.29, 1.82) is 0 Å². The minimum atomic E-state index is -1.79. The van der Waals surface area contributed by atoms with E-state index < -0.39 is 17.7 Å². The lowest BCUT2D eigenvalue weighted by Gasteiger charge is -2.35. The molecule has 1 saturated carbocycles. The van der Waals surface area contributed by atoms with Crippen molar-refractivity contribution in [2.45, 2.75) is 95.2 Å². The normalized spacial score (nSPS) is 18.7. The van der Waals surface area contributed by atoms with E-state index in [-0.39, 0.29) is 17.4 Å². The molecule has 4 aromatic heterocycles. The second-order valence-corrected chi connectivity index (χ2v) is 17.5. The van der Waals surface area contributed by atoms with Crippen LogP contribution >= 0.6 is 22.7 Å². The van der Waals surface area contributed by atoms with Gasteiger partial charge in [-0.1, -0.05) is 17.3 Å². The first kappa shape index (κ1) is 38.4. The standard InChI is InChI=1S/C42H48N6O6S2/c1-25-9-17-37(56-25)42(53,36-8-4-21-55-36)41(52)54-28-12-10-27(11-13-28)47(2)19-5-20-48-40-32-7-3-6-29(32)26(22-33(40)45-46-48)23-43-24-35(50)30-14-16-34(49)39-31(30)15-18-38(51)44-39/h4,8-9,14-18,21-22,27-28,35,43,49-50,53H,3,5-7,10-13,19-20,23-24H2,1-2H3,(H,44,51)/t27?,28?,35-,42+/m0/s1. The third kappa shape index (κ3) is 7.53. The van der Waals surface area contributed by atoms with Gasteiger partial charge in [-0.15, -0.1) is 27.8 Å². The number of aliphatic hydroxyl groups is 2. The molecule has 0 saturated heterocycles. The molecule has 2 aromatic carbocycles. The maximum absolute atomic E-state index is 13.6. The summed E-state index contributed by atoms with van der Waals surface area (Å²) in [6.07, 6.45) is 6.29. The zero-order valence-corrected chi connectivity index (χ0v) is 33.3. The van der Waals surface area contributed by atoms with Crippen LogP contribution in [0.2, 0.25) is 0 Å². The van der Waals surface area contributed by atoms with Crippen molar-refractivity contribution in [3.8, 4) is 5.75 Å². The molecular weight excluding hydrogens is 749 g/mol. The molecule has 6 aromatic rings. The monoisotopic (exact) mass is 796 g/mol. The van der Waals surface area contributed by atoms with Crippen molar-refractivity contribution >= 4 is 50.6 Å². The maximum Gasteiger partial charge on any atom is 0.349 e. The smallest absolute Gasteiger partial charge is 0.349 e. The molecule has 12 nitrogen and oxygen atoms in total. The molecule has 56 heavy (non-hydrogen) atoms. The van der Waals surface area contributed by atoms with Crippen LogP contribution < -0.4 is 10.9 Å². The van der Waals surface area contributed by atoms with Crippen LogP contribution in [0.4, 0.5) is 0 Å². The Bertz CT molecular complexity index is 2400. The Balaban J connectivity index is 0.843. The van der Waals surface area contributed by atoms with Gasteiger partial charge in [0.1, 0.15) is 17.4 Å². The van der Waals surface area contributed by atoms with Crippen LogP contribution in [0.5, 0.6) is 5.75 Å². The second-order valence-electron chi connectivity index (χ2n) is 15.2. The zero-order valence-electron chi connectivity index (χ0n) is 31.7. The number of nitrogens with zero attached hydrogens (tertiary/aromatic N) is 4. The summed E-state index contributed by atoms with van der Waals surface area (Å²) < 4.78 is 8.08. The molecule has 0 spiro atoms. The SMILES string of the molecule is Cc1ccc([C@@](O)(C(=O)OC2CCC(N(C)CCCn3nnc4cc(CNC[C@H](O)c5ccc(O)c6[nH]c(=O)ccc56)c5c(c43)CCC5)CC2)c2cccs2)s1. The largest absolute Gasteiger partial charge is 0.506 e. The number of aliphatic hydroxyl groups excluding tert-OH is 1. The number of phenols is 1. The first-order chi connectivity index (χ1) is 27.1. The van der Waals surface area contributed by atoms with Crippen LogP contribution in [0.15, 0.2) is 64.8 Å². The number of benzene rings is 2. The number of phenolic OH excluding ortho intramolecular Hbond substituents is 1. The number of pyridine rings is 1. The highest BCUT2D eigenvalue weighted by Crippen LogP contribution is 2.39. The van der Waals surface area contributed by atoms with E-state index in [1.807, 2.05) is 30.5 Å². The summed E-state index contributed by atoms with van der Waals surface area (Å²) in [6, 6.07) is 16.1. The number of nitrogens with one attached hydrogen (secondary N) is 2. The molecule has 2 aliphatic rings. The van der Waals surface area contributed by atoms with Crippen LogP contribution in [-0.2, 0) is 41.1 Å². The molecule has 0 amide bonds. The fourth-order valence-corrected chi connectivity index (χ4v) is 10.4. The van der Waals surface area contributed by atoms with E-state index in [0.29, 0.717) is 45.4 Å². The van der Waals surface area contributed by atoms with Gasteiger partial charge in [-0.25, -0.2) is 9.48 Å². The zero-order chi connectivity index (χ0) is 39.0. The third-order valence-electron chi connectivity index (χ3n) is 11.6. The number of fused-ring (bicyclic) bond motifs is 4. The lowest BCUT2D eigenvalue weighted by molar-refractivity contribution is -0.169. The summed E-state index contributed by atoms with van der Waals surface area (Å²) in [4.78, 5) is 32.6. The number of H-pyrrole nitrogens is 1. The molecule has 2 atom stereocenters. The molecule has 0 bridgehead atoms. The predicted molar refractivity (Wildman–Crippen MR) is 218 cm³/mol. The number of hydrogen-bond acceptors (Lipinski definition) is 12. The minimum absolute atomic E-state index is 0.0316. The molecule has 0 radical (unpaired) electrons. The number of rotatable bonds is 14. The van der Waals surface area contributed by atoms with E-state index in [1.165, 1.54) is 51.5 Å². The van der Waals surface area contributed by atoms with Gasteiger partial charge < -0.3 is 35.3 Å². The Labute approximate surface area is 332 Å². The fourth-order valence-electron chi connectivity index (χ4n) is 8.59. The molecule has 294 valence electrons. The number of aromatic nitrogens is 4. The number of ether oxygens (including phenoxy) is 1. The highest BCUT2D eigenvalue weighted by molar-refractivity contribution is 7.13. The van der Waals surface area contributed by atoms with E-state index in [1.54, 1.807) is 18.2 Å². The summed E-state index contributed by atoms with van der Waals surface area (Å²) in [5.74, 6) is -0.622. The van der Waals surface area contributed by atoms with Gasteiger partial charge in [-0.05, 0) is 136 Å². The van der Waals surface area contributed by atoms with Crippen molar-refractivity contribution in [3.05, 3.63) is 107 Å². The fraction of sp³-hybridized carbons (Fsp3) is 0.429. The lowest BCUT2D eigenvalue weighted by Crippen LogP contribution is -2.42. The van der Waals surface area contributed by atoms with Crippen LogP contribution in [0.25, 0.3) is 21.9 Å².